The zero-order chi connectivity index (χ0) is 17.3. The zero-order valence-corrected chi connectivity index (χ0v) is 14.7. The Hall–Kier alpha value is -2.27. The van der Waals surface area contributed by atoms with Crippen molar-refractivity contribution < 1.29 is 4.79 Å². The summed E-state index contributed by atoms with van der Waals surface area (Å²) >= 11 is 0. The molecule has 2 aliphatic rings. The number of aromatic nitrogens is 2. The van der Waals surface area contributed by atoms with Crippen LogP contribution in [0.25, 0.3) is 0 Å². The normalized spacial score (nSPS) is 23.7. The molecule has 0 aliphatic carbocycles. The van der Waals surface area contributed by atoms with Crippen molar-refractivity contribution >= 4 is 5.91 Å². The molecule has 2 fully saturated rings. The van der Waals surface area contributed by atoms with Crippen molar-refractivity contribution in [1.29, 1.82) is 0 Å². The third kappa shape index (κ3) is 3.29. The highest BCUT2D eigenvalue weighted by atomic mass is 16.2. The molecule has 2 aliphatic heterocycles. The van der Waals surface area contributed by atoms with Crippen LogP contribution < -0.4 is 0 Å². The van der Waals surface area contributed by atoms with E-state index in [0.717, 1.165) is 56.1 Å². The van der Waals surface area contributed by atoms with Gasteiger partial charge in [-0.15, -0.1) is 0 Å². The SMILES string of the molecule is Cc1cccc(CN2CCC3(CCN(Cc4ccccn4)C3=O)C2)n1. The molecule has 2 aromatic rings. The molecule has 0 radical (unpaired) electrons. The van der Waals surface area contributed by atoms with Gasteiger partial charge < -0.3 is 4.90 Å². The zero-order valence-electron chi connectivity index (χ0n) is 14.7. The number of rotatable bonds is 4. The number of carbonyl (C=O) groups is 1. The standard InChI is InChI=1S/C20H24N4O/c1-16-5-4-7-18(22-16)13-23-11-8-20(15-23)9-12-24(19(20)25)14-17-6-2-3-10-21-17/h2-7,10H,8-9,11-15H2,1H3. The van der Waals surface area contributed by atoms with Gasteiger partial charge in [0.15, 0.2) is 0 Å². The number of nitrogens with zero attached hydrogens (tertiary/aromatic N) is 4. The Balaban J connectivity index is 1.41. The summed E-state index contributed by atoms with van der Waals surface area (Å²) in [5.74, 6) is 0.304. The van der Waals surface area contributed by atoms with Crippen LogP contribution in [0, 0.1) is 12.3 Å². The van der Waals surface area contributed by atoms with Gasteiger partial charge in [-0.05, 0) is 50.6 Å². The average Bonchev–Trinajstić information content (AvgIpc) is 3.15. The molecular weight excluding hydrogens is 312 g/mol. The van der Waals surface area contributed by atoms with E-state index in [0.29, 0.717) is 12.5 Å². The van der Waals surface area contributed by atoms with Gasteiger partial charge in [0.2, 0.25) is 5.91 Å². The second kappa shape index (κ2) is 6.56. The highest BCUT2D eigenvalue weighted by Crippen LogP contribution is 2.41. The molecule has 1 unspecified atom stereocenters. The molecule has 4 heterocycles. The van der Waals surface area contributed by atoms with Crippen LogP contribution in [0.2, 0.25) is 0 Å². The minimum absolute atomic E-state index is 0.196. The molecule has 0 N–H and O–H groups in total. The van der Waals surface area contributed by atoms with Crippen molar-refractivity contribution in [2.75, 3.05) is 19.6 Å². The van der Waals surface area contributed by atoms with Gasteiger partial charge in [-0.3, -0.25) is 19.7 Å². The molecule has 5 heteroatoms. The first-order valence-electron chi connectivity index (χ1n) is 8.99. The van der Waals surface area contributed by atoms with E-state index in [1.165, 1.54) is 0 Å². The summed E-state index contributed by atoms with van der Waals surface area (Å²) in [5.41, 5.74) is 2.91. The number of carbonyl (C=O) groups excluding carboxylic acids is 1. The summed E-state index contributed by atoms with van der Waals surface area (Å²) in [7, 11) is 0. The molecule has 130 valence electrons. The summed E-state index contributed by atoms with van der Waals surface area (Å²) < 4.78 is 0. The topological polar surface area (TPSA) is 49.3 Å². The fourth-order valence-corrected chi connectivity index (χ4v) is 4.12. The van der Waals surface area contributed by atoms with Crippen molar-refractivity contribution in [1.82, 2.24) is 19.8 Å². The van der Waals surface area contributed by atoms with Crippen LogP contribution in [-0.4, -0.2) is 45.3 Å². The van der Waals surface area contributed by atoms with E-state index in [9.17, 15) is 4.79 Å². The number of hydrogen-bond donors (Lipinski definition) is 0. The van der Waals surface area contributed by atoms with Crippen LogP contribution in [0.1, 0.15) is 29.9 Å². The van der Waals surface area contributed by atoms with E-state index >= 15 is 0 Å². The molecule has 2 aromatic heterocycles. The molecule has 1 atom stereocenters. The first-order valence-corrected chi connectivity index (χ1v) is 8.99. The lowest BCUT2D eigenvalue weighted by Gasteiger charge is -2.23. The maximum Gasteiger partial charge on any atom is 0.230 e. The van der Waals surface area contributed by atoms with Gasteiger partial charge in [0, 0.05) is 31.5 Å². The molecule has 1 amide bonds. The monoisotopic (exact) mass is 336 g/mol. The molecule has 25 heavy (non-hydrogen) atoms. The largest absolute Gasteiger partial charge is 0.336 e. The summed E-state index contributed by atoms with van der Waals surface area (Å²) in [5, 5.41) is 0. The molecule has 0 saturated carbocycles. The number of aryl methyl sites for hydroxylation is 1. The Kier molecular flexibility index (Phi) is 4.25. The van der Waals surface area contributed by atoms with Crippen LogP contribution in [-0.2, 0) is 17.9 Å². The first kappa shape index (κ1) is 16.2. The van der Waals surface area contributed by atoms with Gasteiger partial charge in [-0.25, -0.2) is 0 Å². The van der Waals surface area contributed by atoms with Crippen molar-refractivity contribution in [2.45, 2.75) is 32.9 Å². The summed E-state index contributed by atoms with van der Waals surface area (Å²) in [4.78, 5) is 26.4. The van der Waals surface area contributed by atoms with Crippen molar-refractivity contribution in [3.8, 4) is 0 Å². The Morgan fingerprint density at radius 1 is 1.04 bits per heavy atom. The second-order valence-electron chi connectivity index (χ2n) is 7.31. The molecule has 1 spiro atoms. The lowest BCUT2D eigenvalue weighted by atomic mass is 9.85. The number of hydrogen-bond acceptors (Lipinski definition) is 4. The maximum absolute atomic E-state index is 13.0. The van der Waals surface area contributed by atoms with E-state index in [-0.39, 0.29) is 5.41 Å². The highest BCUT2D eigenvalue weighted by molar-refractivity contribution is 5.85. The van der Waals surface area contributed by atoms with Crippen molar-refractivity contribution in [2.24, 2.45) is 5.41 Å². The van der Waals surface area contributed by atoms with Gasteiger partial charge in [0.25, 0.3) is 0 Å². The lowest BCUT2D eigenvalue weighted by molar-refractivity contribution is -0.136. The molecule has 5 nitrogen and oxygen atoms in total. The smallest absolute Gasteiger partial charge is 0.230 e. The number of pyridine rings is 2. The van der Waals surface area contributed by atoms with E-state index in [2.05, 4.69) is 27.0 Å². The second-order valence-corrected chi connectivity index (χ2v) is 7.31. The molecule has 4 rings (SSSR count). The molecular formula is C20H24N4O. The Morgan fingerprint density at radius 3 is 2.68 bits per heavy atom. The lowest BCUT2D eigenvalue weighted by Crippen LogP contribution is -2.36. The highest BCUT2D eigenvalue weighted by Gasteiger charge is 2.50. The van der Waals surface area contributed by atoms with Crippen LogP contribution in [0.3, 0.4) is 0 Å². The Morgan fingerprint density at radius 2 is 1.88 bits per heavy atom. The van der Waals surface area contributed by atoms with Gasteiger partial charge >= 0.3 is 0 Å². The van der Waals surface area contributed by atoms with E-state index in [1.807, 2.05) is 36.1 Å². The molecule has 0 bridgehead atoms. The minimum atomic E-state index is -0.196. The van der Waals surface area contributed by atoms with Crippen LogP contribution in [0.4, 0.5) is 0 Å². The number of likely N-dealkylation sites (tertiary alicyclic amines) is 2. The summed E-state index contributed by atoms with van der Waals surface area (Å²) in [6.07, 6.45) is 3.70. The maximum atomic E-state index is 13.0. The van der Waals surface area contributed by atoms with Gasteiger partial charge in [0.05, 0.1) is 23.3 Å². The summed E-state index contributed by atoms with van der Waals surface area (Å²) in [6, 6.07) is 12.0. The average molecular weight is 336 g/mol. The van der Waals surface area contributed by atoms with Crippen LogP contribution in [0.15, 0.2) is 42.6 Å². The van der Waals surface area contributed by atoms with E-state index < -0.39 is 0 Å². The van der Waals surface area contributed by atoms with Gasteiger partial charge in [0.1, 0.15) is 0 Å². The Labute approximate surface area is 148 Å². The van der Waals surface area contributed by atoms with Crippen LogP contribution >= 0.6 is 0 Å². The van der Waals surface area contributed by atoms with Gasteiger partial charge in [-0.2, -0.15) is 0 Å². The molecule has 0 aromatic carbocycles. The predicted octanol–water partition coefficient (Wildman–Crippen LogP) is 2.41. The predicted molar refractivity (Wildman–Crippen MR) is 95.6 cm³/mol. The molecule has 2 saturated heterocycles. The quantitative estimate of drug-likeness (QED) is 0.860. The van der Waals surface area contributed by atoms with E-state index in [1.54, 1.807) is 6.20 Å². The van der Waals surface area contributed by atoms with Crippen LogP contribution in [0.5, 0.6) is 0 Å². The fraction of sp³-hybridized carbons (Fsp3) is 0.450. The fourth-order valence-electron chi connectivity index (χ4n) is 4.12. The number of amides is 1. The van der Waals surface area contributed by atoms with Crippen molar-refractivity contribution in [3.63, 3.8) is 0 Å². The van der Waals surface area contributed by atoms with Gasteiger partial charge in [-0.1, -0.05) is 12.1 Å². The minimum Gasteiger partial charge on any atom is -0.336 e. The Bertz CT molecular complexity index is 763. The van der Waals surface area contributed by atoms with E-state index in [4.69, 9.17) is 0 Å². The summed E-state index contributed by atoms with van der Waals surface area (Å²) in [6.45, 7) is 6.13. The third-order valence-electron chi connectivity index (χ3n) is 5.44. The third-order valence-corrected chi connectivity index (χ3v) is 5.44. The van der Waals surface area contributed by atoms with Crippen molar-refractivity contribution in [3.05, 3.63) is 59.7 Å². The first-order chi connectivity index (χ1) is 12.1.